The number of nitriles is 1. The monoisotopic (exact) mass is 220 g/mol. The zero-order valence-electron chi connectivity index (χ0n) is 9.03. The summed E-state index contributed by atoms with van der Waals surface area (Å²) in [7, 11) is 0. The zero-order chi connectivity index (χ0) is 11.5. The minimum Gasteiger partial charge on any atom is -0.377 e. The van der Waals surface area contributed by atoms with E-state index in [1.807, 2.05) is 13.0 Å². The molecule has 0 radical (unpaired) electrons. The second-order valence-corrected chi connectivity index (χ2v) is 3.92. The minimum atomic E-state index is -0.391. The van der Waals surface area contributed by atoms with Crippen LogP contribution in [0.4, 0.5) is 10.1 Å². The summed E-state index contributed by atoms with van der Waals surface area (Å²) in [6, 6.07) is 6.48. The lowest BCUT2D eigenvalue weighted by molar-refractivity contribution is 0.121. The first kappa shape index (κ1) is 10.9. The average Bonchev–Trinajstić information content (AvgIpc) is 2.67. The standard InChI is InChI=1S/C12H13FN2O/c1-8-11(4-5-16-8)15-12-3-2-9(7-14)6-10(12)13/h2-3,6,8,11,15H,4-5H2,1H3. The molecule has 2 atom stereocenters. The summed E-state index contributed by atoms with van der Waals surface area (Å²) < 4.78 is 18.9. The van der Waals surface area contributed by atoms with E-state index in [9.17, 15) is 4.39 Å². The summed E-state index contributed by atoms with van der Waals surface area (Å²) in [6.07, 6.45) is 0.968. The molecule has 84 valence electrons. The Morgan fingerprint density at radius 3 is 2.94 bits per heavy atom. The second-order valence-electron chi connectivity index (χ2n) is 3.92. The molecule has 1 N–H and O–H groups in total. The van der Waals surface area contributed by atoms with Crippen LogP contribution in [0.5, 0.6) is 0 Å². The number of nitrogens with one attached hydrogen (secondary N) is 1. The van der Waals surface area contributed by atoms with Crippen LogP contribution < -0.4 is 5.32 Å². The van der Waals surface area contributed by atoms with Gasteiger partial charge in [-0.15, -0.1) is 0 Å². The van der Waals surface area contributed by atoms with Crippen LogP contribution in [0.15, 0.2) is 18.2 Å². The molecule has 1 heterocycles. The van der Waals surface area contributed by atoms with E-state index in [1.54, 1.807) is 12.1 Å². The maximum absolute atomic E-state index is 13.6. The van der Waals surface area contributed by atoms with Crippen molar-refractivity contribution in [1.82, 2.24) is 0 Å². The van der Waals surface area contributed by atoms with Crippen molar-refractivity contribution in [1.29, 1.82) is 5.26 Å². The van der Waals surface area contributed by atoms with E-state index in [4.69, 9.17) is 10.00 Å². The van der Waals surface area contributed by atoms with E-state index in [0.29, 0.717) is 17.9 Å². The van der Waals surface area contributed by atoms with Crippen molar-refractivity contribution < 1.29 is 9.13 Å². The molecule has 0 aromatic heterocycles. The molecule has 0 aliphatic carbocycles. The van der Waals surface area contributed by atoms with Gasteiger partial charge in [0.25, 0.3) is 0 Å². The molecule has 1 aromatic carbocycles. The smallest absolute Gasteiger partial charge is 0.147 e. The fourth-order valence-corrected chi connectivity index (χ4v) is 1.82. The van der Waals surface area contributed by atoms with Crippen LogP contribution in [0.3, 0.4) is 0 Å². The lowest BCUT2D eigenvalue weighted by Gasteiger charge is -2.17. The van der Waals surface area contributed by atoms with Gasteiger partial charge in [0.1, 0.15) is 5.82 Å². The number of benzene rings is 1. The maximum Gasteiger partial charge on any atom is 0.147 e. The third kappa shape index (κ3) is 2.15. The molecule has 4 heteroatoms. The maximum atomic E-state index is 13.6. The number of rotatable bonds is 2. The zero-order valence-corrected chi connectivity index (χ0v) is 9.03. The van der Waals surface area contributed by atoms with Gasteiger partial charge >= 0.3 is 0 Å². The van der Waals surface area contributed by atoms with Crippen LogP contribution in [0.1, 0.15) is 18.9 Å². The topological polar surface area (TPSA) is 45.0 Å². The quantitative estimate of drug-likeness (QED) is 0.831. The van der Waals surface area contributed by atoms with Crippen molar-refractivity contribution in [2.24, 2.45) is 0 Å². The van der Waals surface area contributed by atoms with Gasteiger partial charge in [-0.3, -0.25) is 0 Å². The van der Waals surface area contributed by atoms with Crippen molar-refractivity contribution in [2.45, 2.75) is 25.5 Å². The third-order valence-electron chi connectivity index (χ3n) is 2.82. The van der Waals surface area contributed by atoms with Crippen LogP contribution in [0.25, 0.3) is 0 Å². The highest BCUT2D eigenvalue weighted by molar-refractivity contribution is 5.49. The van der Waals surface area contributed by atoms with Crippen LogP contribution in [0, 0.1) is 17.1 Å². The van der Waals surface area contributed by atoms with Crippen LogP contribution in [-0.4, -0.2) is 18.8 Å². The summed E-state index contributed by atoms with van der Waals surface area (Å²) in [5, 5.41) is 11.7. The highest BCUT2D eigenvalue weighted by Crippen LogP contribution is 2.21. The average molecular weight is 220 g/mol. The molecule has 1 aliphatic rings. The predicted octanol–water partition coefficient (Wildman–Crippen LogP) is 2.29. The van der Waals surface area contributed by atoms with Gasteiger partial charge in [-0.2, -0.15) is 5.26 Å². The molecule has 0 spiro atoms. The highest BCUT2D eigenvalue weighted by Gasteiger charge is 2.24. The van der Waals surface area contributed by atoms with E-state index in [0.717, 1.165) is 6.42 Å². The Kier molecular flexibility index (Phi) is 3.07. The number of halogens is 1. The highest BCUT2D eigenvalue weighted by atomic mass is 19.1. The molecule has 1 aromatic rings. The molecular formula is C12H13FN2O. The SMILES string of the molecule is CC1OCCC1Nc1ccc(C#N)cc1F. The lowest BCUT2D eigenvalue weighted by Crippen LogP contribution is -2.27. The van der Waals surface area contributed by atoms with Crippen molar-refractivity contribution in [3.63, 3.8) is 0 Å². The van der Waals surface area contributed by atoms with Gasteiger partial charge in [0.05, 0.1) is 29.5 Å². The molecule has 2 rings (SSSR count). The number of hydrogen-bond donors (Lipinski definition) is 1. The number of anilines is 1. The third-order valence-corrected chi connectivity index (χ3v) is 2.82. The van der Waals surface area contributed by atoms with Crippen LogP contribution in [0.2, 0.25) is 0 Å². The summed E-state index contributed by atoms with van der Waals surface area (Å²) >= 11 is 0. The van der Waals surface area contributed by atoms with E-state index in [-0.39, 0.29) is 12.1 Å². The number of nitrogens with zero attached hydrogens (tertiary/aromatic N) is 1. The fourth-order valence-electron chi connectivity index (χ4n) is 1.82. The summed E-state index contributed by atoms with van der Waals surface area (Å²) in [5.74, 6) is -0.391. The number of hydrogen-bond acceptors (Lipinski definition) is 3. The first-order chi connectivity index (χ1) is 7.70. The summed E-state index contributed by atoms with van der Waals surface area (Å²) in [6.45, 7) is 2.67. The molecule has 1 saturated heterocycles. The van der Waals surface area contributed by atoms with Gasteiger partial charge in [-0.1, -0.05) is 0 Å². The van der Waals surface area contributed by atoms with Crippen molar-refractivity contribution in [3.05, 3.63) is 29.6 Å². The lowest BCUT2D eigenvalue weighted by atomic mass is 10.1. The minimum absolute atomic E-state index is 0.0926. The van der Waals surface area contributed by atoms with Gasteiger partial charge in [0.2, 0.25) is 0 Å². The number of ether oxygens (including phenoxy) is 1. The van der Waals surface area contributed by atoms with Gasteiger partial charge in [0, 0.05) is 6.61 Å². The Morgan fingerprint density at radius 1 is 1.56 bits per heavy atom. The normalized spacial score (nSPS) is 24.1. The van der Waals surface area contributed by atoms with E-state index < -0.39 is 5.82 Å². The molecule has 1 fully saturated rings. The molecule has 3 nitrogen and oxygen atoms in total. The molecule has 0 bridgehead atoms. The van der Waals surface area contributed by atoms with Crippen LogP contribution in [-0.2, 0) is 4.74 Å². The van der Waals surface area contributed by atoms with Crippen molar-refractivity contribution in [2.75, 3.05) is 11.9 Å². The Morgan fingerprint density at radius 2 is 2.38 bits per heavy atom. The van der Waals surface area contributed by atoms with Crippen LogP contribution >= 0.6 is 0 Å². The molecule has 0 amide bonds. The largest absolute Gasteiger partial charge is 0.377 e. The Hall–Kier alpha value is -1.60. The van der Waals surface area contributed by atoms with E-state index >= 15 is 0 Å². The van der Waals surface area contributed by atoms with Gasteiger partial charge in [0.15, 0.2) is 0 Å². The van der Waals surface area contributed by atoms with E-state index in [1.165, 1.54) is 6.07 Å². The first-order valence-corrected chi connectivity index (χ1v) is 5.28. The molecular weight excluding hydrogens is 207 g/mol. The molecule has 16 heavy (non-hydrogen) atoms. The Labute approximate surface area is 93.8 Å². The van der Waals surface area contributed by atoms with Gasteiger partial charge in [-0.05, 0) is 31.5 Å². The summed E-state index contributed by atoms with van der Waals surface area (Å²) in [4.78, 5) is 0. The Bertz CT molecular complexity index is 428. The Balaban J connectivity index is 2.13. The van der Waals surface area contributed by atoms with Gasteiger partial charge < -0.3 is 10.1 Å². The summed E-state index contributed by atoms with van der Waals surface area (Å²) in [5.41, 5.74) is 0.764. The first-order valence-electron chi connectivity index (χ1n) is 5.28. The molecule has 2 unspecified atom stereocenters. The van der Waals surface area contributed by atoms with Gasteiger partial charge in [-0.25, -0.2) is 4.39 Å². The second kappa shape index (κ2) is 4.50. The molecule has 1 aliphatic heterocycles. The molecule has 0 saturated carbocycles. The van der Waals surface area contributed by atoms with Crippen molar-refractivity contribution >= 4 is 5.69 Å². The fraction of sp³-hybridized carbons (Fsp3) is 0.417. The van der Waals surface area contributed by atoms with Crippen molar-refractivity contribution in [3.8, 4) is 6.07 Å². The predicted molar refractivity (Wildman–Crippen MR) is 58.6 cm³/mol. The van der Waals surface area contributed by atoms with E-state index in [2.05, 4.69) is 5.32 Å².